The van der Waals surface area contributed by atoms with Crippen molar-refractivity contribution in [3.8, 4) is 0 Å². The van der Waals surface area contributed by atoms with E-state index in [0.29, 0.717) is 18.0 Å². The molecular formula is C20H22ClN3O2. The van der Waals surface area contributed by atoms with Gasteiger partial charge in [0.1, 0.15) is 6.54 Å². The predicted molar refractivity (Wildman–Crippen MR) is 103 cm³/mol. The van der Waals surface area contributed by atoms with Crippen LogP contribution in [0.2, 0.25) is 5.02 Å². The van der Waals surface area contributed by atoms with Crippen LogP contribution in [0.5, 0.6) is 0 Å². The second-order valence-corrected chi connectivity index (χ2v) is 6.82. The Labute approximate surface area is 158 Å². The smallest absolute Gasteiger partial charge is 0.246 e. The maximum Gasteiger partial charge on any atom is 0.246 e. The Balaban J connectivity index is 1.86. The number of hydrogen-bond acceptors (Lipinski definition) is 3. The SMILES string of the molecule is CNCC(=O)N1CC(=O)N(c2cccc(Cl)c2)C[C@H]1Cc1ccccc1. The van der Waals surface area contributed by atoms with E-state index in [-0.39, 0.29) is 30.9 Å². The first kappa shape index (κ1) is 18.4. The number of hydrogen-bond donors (Lipinski definition) is 1. The van der Waals surface area contributed by atoms with Gasteiger partial charge in [-0.3, -0.25) is 9.59 Å². The molecule has 26 heavy (non-hydrogen) atoms. The molecule has 0 saturated carbocycles. The number of nitrogens with zero attached hydrogens (tertiary/aromatic N) is 2. The van der Waals surface area contributed by atoms with Crippen LogP contribution in [0.15, 0.2) is 54.6 Å². The number of piperazine rings is 1. The minimum atomic E-state index is -0.0963. The molecule has 2 aromatic carbocycles. The van der Waals surface area contributed by atoms with Crippen LogP contribution in [0.25, 0.3) is 0 Å². The zero-order chi connectivity index (χ0) is 18.5. The highest BCUT2D eigenvalue weighted by Gasteiger charge is 2.35. The predicted octanol–water partition coefficient (Wildman–Crippen LogP) is 2.35. The van der Waals surface area contributed by atoms with Crippen LogP contribution in [0.4, 0.5) is 5.69 Å². The van der Waals surface area contributed by atoms with Crippen LogP contribution in [-0.2, 0) is 16.0 Å². The summed E-state index contributed by atoms with van der Waals surface area (Å²) >= 11 is 6.09. The first-order valence-corrected chi connectivity index (χ1v) is 9.00. The number of halogens is 1. The highest BCUT2D eigenvalue weighted by Crippen LogP contribution is 2.24. The lowest BCUT2D eigenvalue weighted by Crippen LogP contribution is -2.60. The van der Waals surface area contributed by atoms with Crippen LogP contribution in [0.3, 0.4) is 0 Å². The first-order chi connectivity index (χ1) is 12.6. The van der Waals surface area contributed by atoms with Crippen molar-refractivity contribution in [1.82, 2.24) is 10.2 Å². The molecule has 3 rings (SSSR count). The Morgan fingerprint density at radius 1 is 1.19 bits per heavy atom. The third kappa shape index (κ3) is 4.23. The van der Waals surface area contributed by atoms with E-state index in [9.17, 15) is 9.59 Å². The van der Waals surface area contributed by atoms with Gasteiger partial charge in [0.05, 0.1) is 12.6 Å². The summed E-state index contributed by atoms with van der Waals surface area (Å²) < 4.78 is 0. The summed E-state index contributed by atoms with van der Waals surface area (Å²) in [6, 6.07) is 17.2. The van der Waals surface area contributed by atoms with Crippen LogP contribution < -0.4 is 10.2 Å². The normalized spacial score (nSPS) is 17.5. The molecule has 1 fully saturated rings. The van der Waals surface area contributed by atoms with E-state index in [1.165, 1.54) is 0 Å². The summed E-state index contributed by atoms with van der Waals surface area (Å²) in [5.41, 5.74) is 1.90. The maximum absolute atomic E-state index is 12.7. The van der Waals surface area contributed by atoms with Crippen LogP contribution in [0.1, 0.15) is 5.56 Å². The number of rotatable bonds is 5. The van der Waals surface area contributed by atoms with Crippen molar-refractivity contribution >= 4 is 29.1 Å². The average molecular weight is 372 g/mol. The lowest BCUT2D eigenvalue weighted by atomic mass is 10.0. The second kappa shape index (κ2) is 8.34. The van der Waals surface area contributed by atoms with Crippen LogP contribution in [0, 0.1) is 0 Å². The van der Waals surface area contributed by atoms with Gasteiger partial charge in [-0.25, -0.2) is 0 Å². The fourth-order valence-electron chi connectivity index (χ4n) is 3.27. The Morgan fingerprint density at radius 3 is 2.65 bits per heavy atom. The molecule has 0 aromatic heterocycles. The van der Waals surface area contributed by atoms with Gasteiger partial charge in [-0.15, -0.1) is 0 Å². The molecular weight excluding hydrogens is 350 g/mol. The van der Waals surface area contributed by atoms with Gasteiger partial charge in [0.25, 0.3) is 0 Å². The first-order valence-electron chi connectivity index (χ1n) is 8.62. The Hall–Kier alpha value is -2.37. The molecule has 1 heterocycles. The minimum absolute atomic E-state index is 0.0625. The maximum atomic E-state index is 12.7. The Kier molecular flexibility index (Phi) is 5.91. The van der Waals surface area contributed by atoms with E-state index in [1.54, 1.807) is 29.0 Å². The number of amides is 2. The van der Waals surface area contributed by atoms with Crippen LogP contribution in [-0.4, -0.2) is 49.4 Å². The number of carbonyl (C=O) groups is 2. The van der Waals surface area contributed by atoms with Crippen molar-refractivity contribution in [1.29, 1.82) is 0 Å². The Morgan fingerprint density at radius 2 is 1.96 bits per heavy atom. The monoisotopic (exact) mass is 371 g/mol. The molecule has 1 aliphatic rings. The molecule has 0 radical (unpaired) electrons. The summed E-state index contributed by atoms with van der Waals surface area (Å²) in [5, 5.41) is 3.47. The summed E-state index contributed by atoms with van der Waals surface area (Å²) in [6.07, 6.45) is 0.695. The van der Waals surface area contributed by atoms with Gasteiger partial charge in [-0.2, -0.15) is 0 Å². The fourth-order valence-corrected chi connectivity index (χ4v) is 3.45. The molecule has 0 aliphatic carbocycles. The van der Waals surface area contributed by atoms with E-state index in [0.717, 1.165) is 11.3 Å². The molecule has 0 spiro atoms. The van der Waals surface area contributed by atoms with E-state index in [4.69, 9.17) is 11.6 Å². The standard InChI is InChI=1S/C20H22ClN3O2/c1-22-12-19(25)24-14-20(26)23(17-9-5-8-16(21)11-17)13-18(24)10-15-6-3-2-4-7-15/h2-9,11,18,22H,10,12-14H2,1H3/t18-/m1/s1. The lowest BCUT2D eigenvalue weighted by molar-refractivity contribution is -0.138. The fraction of sp³-hybridized carbons (Fsp3) is 0.300. The molecule has 5 nitrogen and oxygen atoms in total. The van der Waals surface area contributed by atoms with E-state index < -0.39 is 0 Å². The van der Waals surface area contributed by atoms with Gasteiger partial charge in [0.15, 0.2) is 0 Å². The summed E-state index contributed by atoms with van der Waals surface area (Å²) in [7, 11) is 1.73. The summed E-state index contributed by atoms with van der Waals surface area (Å²) in [6.45, 7) is 0.740. The number of likely N-dealkylation sites (N-methyl/N-ethyl adjacent to an activating group) is 1. The zero-order valence-electron chi connectivity index (χ0n) is 14.7. The van der Waals surface area contributed by atoms with Crippen molar-refractivity contribution in [2.45, 2.75) is 12.5 Å². The number of nitrogens with one attached hydrogen (secondary N) is 1. The van der Waals surface area contributed by atoms with Gasteiger partial charge in [0, 0.05) is 17.3 Å². The molecule has 2 amide bonds. The average Bonchev–Trinajstić information content (AvgIpc) is 2.64. The largest absolute Gasteiger partial charge is 0.327 e. The molecule has 136 valence electrons. The number of anilines is 1. The molecule has 1 aliphatic heterocycles. The zero-order valence-corrected chi connectivity index (χ0v) is 15.4. The molecule has 0 bridgehead atoms. The summed E-state index contributed by atoms with van der Waals surface area (Å²) in [4.78, 5) is 28.6. The topological polar surface area (TPSA) is 52.7 Å². The number of benzene rings is 2. The minimum Gasteiger partial charge on any atom is -0.327 e. The van der Waals surface area contributed by atoms with Crippen molar-refractivity contribution in [2.24, 2.45) is 0 Å². The van der Waals surface area contributed by atoms with Gasteiger partial charge in [-0.05, 0) is 37.2 Å². The molecule has 0 unspecified atom stereocenters. The lowest BCUT2D eigenvalue weighted by Gasteiger charge is -2.41. The van der Waals surface area contributed by atoms with Crippen molar-refractivity contribution < 1.29 is 9.59 Å². The quantitative estimate of drug-likeness (QED) is 0.877. The second-order valence-electron chi connectivity index (χ2n) is 6.38. The molecule has 1 atom stereocenters. The van der Waals surface area contributed by atoms with Crippen molar-refractivity contribution in [3.05, 3.63) is 65.2 Å². The summed E-state index contributed by atoms with van der Waals surface area (Å²) in [5.74, 6) is -0.159. The van der Waals surface area contributed by atoms with E-state index >= 15 is 0 Å². The molecule has 2 aromatic rings. The number of carbonyl (C=O) groups excluding carboxylic acids is 2. The Bertz CT molecular complexity index is 782. The van der Waals surface area contributed by atoms with Gasteiger partial charge >= 0.3 is 0 Å². The molecule has 1 saturated heterocycles. The third-order valence-corrected chi connectivity index (χ3v) is 4.76. The van der Waals surface area contributed by atoms with E-state index in [2.05, 4.69) is 5.32 Å². The van der Waals surface area contributed by atoms with Gasteiger partial charge < -0.3 is 15.1 Å². The molecule has 1 N–H and O–H groups in total. The van der Waals surface area contributed by atoms with Crippen molar-refractivity contribution in [3.63, 3.8) is 0 Å². The highest BCUT2D eigenvalue weighted by molar-refractivity contribution is 6.30. The van der Waals surface area contributed by atoms with Gasteiger partial charge in [0.2, 0.25) is 11.8 Å². The van der Waals surface area contributed by atoms with Gasteiger partial charge in [-0.1, -0.05) is 48.0 Å². The molecule has 6 heteroatoms. The highest BCUT2D eigenvalue weighted by atomic mass is 35.5. The van der Waals surface area contributed by atoms with E-state index in [1.807, 2.05) is 42.5 Å². The van der Waals surface area contributed by atoms with Crippen LogP contribution >= 0.6 is 11.6 Å². The van der Waals surface area contributed by atoms with Crippen molar-refractivity contribution in [2.75, 3.05) is 31.6 Å². The third-order valence-electron chi connectivity index (χ3n) is 4.52.